The second-order valence-electron chi connectivity index (χ2n) is 5.01. The molecule has 0 saturated heterocycles. The van der Waals surface area contributed by atoms with Crippen LogP contribution in [0.1, 0.15) is 19.4 Å². The SMILES string of the molecule is CN(CC(C)(C)O)C(=O)C=Cc1ccc(F)c(Cl)c1. The van der Waals surface area contributed by atoms with Gasteiger partial charge in [0.1, 0.15) is 5.82 Å². The number of carbonyl (C=O) groups is 1. The van der Waals surface area contributed by atoms with E-state index < -0.39 is 11.4 Å². The maximum Gasteiger partial charge on any atom is 0.246 e. The molecule has 19 heavy (non-hydrogen) atoms. The first kappa shape index (κ1) is 15.7. The molecule has 0 spiro atoms. The van der Waals surface area contributed by atoms with Crippen LogP contribution in [-0.2, 0) is 4.79 Å². The third-order valence-corrected chi connectivity index (χ3v) is 2.65. The number of hydrogen-bond acceptors (Lipinski definition) is 2. The first-order valence-electron chi connectivity index (χ1n) is 5.80. The van der Waals surface area contributed by atoms with Crippen LogP contribution in [0.3, 0.4) is 0 Å². The van der Waals surface area contributed by atoms with Gasteiger partial charge in [-0.15, -0.1) is 0 Å². The fraction of sp³-hybridized carbons (Fsp3) is 0.357. The second-order valence-corrected chi connectivity index (χ2v) is 5.42. The van der Waals surface area contributed by atoms with Crippen molar-refractivity contribution in [3.05, 3.63) is 40.7 Å². The van der Waals surface area contributed by atoms with E-state index in [1.807, 2.05) is 0 Å². The Bertz CT molecular complexity index is 495. The van der Waals surface area contributed by atoms with Crippen molar-refractivity contribution in [1.82, 2.24) is 4.90 Å². The maximum absolute atomic E-state index is 13.0. The molecular weight excluding hydrogens is 269 g/mol. The van der Waals surface area contributed by atoms with Gasteiger partial charge in [-0.3, -0.25) is 4.79 Å². The lowest BCUT2D eigenvalue weighted by Crippen LogP contribution is -2.38. The van der Waals surface area contributed by atoms with Crippen molar-refractivity contribution < 1.29 is 14.3 Å². The lowest BCUT2D eigenvalue weighted by molar-refractivity contribution is -0.127. The van der Waals surface area contributed by atoms with Crippen molar-refractivity contribution in [3.63, 3.8) is 0 Å². The van der Waals surface area contributed by atoms with Crippen LogP contribution < -0.4 is 0 Å². The highest BCUT2D eigenvalue weighted by Gasteiger charge is 2.17. The largest absolute Gasteiger partial charge is 0.389 e. The summed E-state index contributed by atoms with van der Waals surface area (Å²) in [6.07, 6.45) is 2.91. The lowest BCUT2D eigenvalue weighted by Gasteiger charge is -2.24. The molecule has 104 valence electrons. The van der Waals surface area contributed by atoms with Crippen LogP contribution in [-0.4, -0.2) is 35.1 Å². The highest BCUT2D eigenvalue weighted by Crippen LogP contribution is 2.17. The monoisotopic (exact) mass is 285 g/mol. The molecule has 5 heteroatoms. The molecule has 0 bridgehead atoms. The van der Waals surface area contributed by atoms with Crippen molar-refractivity contribution >= 4 is 23.6 Å². The lowest BCUT2D eigenvalue weighted by atomic mass is 10.1. The summed E-state index contributed by atoms with van der Waals surface area (Å²) in [7, 11) is 1.60. The molecule has 0 aliphatic heterocycles. The first-order chi connectivity index (χ1) is 8.69. The molecule has 0 aliphatic carbocycles. The van der Waals surface area contributed by atoms with Gasteiger partial charge < -0.3 is 10.0 Å². The number of rotatable bonds is 4. The molecule has 3 nitrogen and oxygen atoms in total. The van der Waals surface area contributed by atoms with Crippen LogP contribution >= 0.6 is 11.6 Å². The molecule has 0 unspecified atom stereocenters. The number of hydrogen-bond donors (Lipinski definition) is 1. The topological polar surface area (TPSA) is 40.5 Å². The summed E-state index contributed by atoms with van der Waals surface area (Å²) in [4.78, 5) is 13.2. The van der Waals surface area contributed by atoms with Gasteiger partial charge in [0, 0.05) is 19.7 Å². The van der Waals surface area contributed by atoms with E-state index in [2.05, 4.69) is 0 Å². The molecule has 1 rings (SSSR count). The van der Waals surface area contributed by atoms with E-state index in [-0.39, 0.29) is 17.5 Å². The molecule has 0 fully saturated rings. The molecule has 1 aromatic rings. The molecule has 0 aliphatic rings. The van der Waals surface area contributed by atoms with Crippen molar-refractivity contribution in [2.75, 3.05) is 13.6 Å². The summed E-state index contributed by atoms with van der Waals surface area (Å²) < 4.78 is 13.0. The van der Waals surface area contributed by atoms with E-state index in [1.165, 1.54) is 29.2 Å². The molecule has 1 aromatic carbocycles. The molecule has 1 amide bonds. The summed E-state index contributed by atoms with van der Waals surface area (Å²) in [5, 5.41) is 9.63. The van der Waals surface area contributed by atoms with Gasteiger partial charge in [0.05, 0.1) is 10.6 Å². The van der Waals surface area contributed by atoms with E-state index in [1.54, 1.807) is 27.0 Å². The minimum atomic E-state index is -0.947. The smallest absolute Gasteiger partial charge is 0.246 e. The Hall–Kier alpha value is -1.39. The zero-order chi connectivity index (χ0) is 14.6. The number of amides is 1. The Morgan fingerprint density at radius 1 is 1.53 bits per heavy atom. The van der Waals surface area contributed by atoms with Crippen molar-refractivity contribution in [2.45, 2.75) is 19.4 Å². The summed E-state index contributed by atoms with van der Waals surface area (Å²) in [6, 6.07) is 4.21. The zero-order valence-electron chi connectivity index (χ0n) is 11.2. The third kappa shape index (κ3) is 5.41. The average Bonchev–Trinajstić information content (AvgIpc) is 2.28. The third-order valence-electron chi connectivity index (χ3n) is 2.36. The second kappa shape index (κ2) is 6.17. The highest BCUT2D eigenvalue weighted by atomic mass is 35.5. The van der Waals surface area contributed by atoms with Crippen LogP contribution in [0.15, 0.2) is 24.3 Å². The number of aliphatic hydroxyl groups is 1. The summed E-state index contributed by atoms with van der Waals surface area (Å²) >= 11 is 5.64. The summed E-state index contributed by atoms with van der Waals surface area (Å²) in [5.41, 5.74) is -0.311. The number of benzene rings is 1. The molecule has 0 saturated carbocycles. The average molecular weight is 286 g/mol. The number of halogens is 2. The van der Waals surface area contributed by atoms with Crippen molar-refractivity contribution in [1.29, 1.82) is 0 Å². The molecule has 0 heterocycles. The molecular formula is C14H17ClFNO2. The standard InChI is InChI=1S/C14H17ClFNO2/c1-14(2,19)9-17(3)13(18)7-5-10-4-6-12(16)11(15)8-10/h4-8,19H,9H2,1-3H3. The van der Waals surface area contributed by atoms with Crippen molar-refractivity contribution in [3.8, 4) is 0 Å². The van der Waals surface area contributed by atoms with Gasteiger partial charge in [0.15, 0.2) is 0 Å². The number of likely N-dealkylation sites (N-methyl/N-ethyl adjacent to an activating group) is 1. The van der Waals surface area contributed by atoms with E-state index in [4.69, 9.17) is 11.6 Å². The van der Waals surface area contributed by atoms with E-state index in [0.29, 0.717) is 5.56 Å². The van der Waals surface area contributed by atoms with Crippen LogP contribution in [0.25, 0.3) is 6.08 Å². The maximum atomic E-state index is 13.0. The normalized spacial score (nSPS) is 11.9. The Labute approximate surface area is 117 Å². The van der Waals surface area contributed by atoms with Gasteiger partial charge in [0.25, 0.3) is 0 Å². The fourth-order valence-electron chi connectivity index (χ4n) is 1.57. The Morgan fingerprint density at radius 3 is 2.68 bits per heavy atom. The minimum Gasteiger partial charge on any atom is -0.389 e. The van der Waals surface area contributed by atoms with Crippen LogP contribution in [0.2, 0.25) is 5.02 Å². The van der Waals surface area contributed by atoms with E-state index >= 15 is 0 Å². The predicted molar refractivity (Wildman–Crippen MR) is 74.4 cm³/mol. The molecule has 0 aromatic heterocycles. The molecule has 0 atom stereocenters. The van der Waals surface area contributed by atoms with Crippen LogP contribution in [0, 0.1) is 5.82 Å². The predicted octanol–water partition coefficient (Wildman–Crippen LogP) is 2.72. The van der Waals surface area contributed by atoms with Gasteiger partial charge >= 0.3 is 0 Å². The summed E-state index contributed by atoms with van der Waals surface area (Å²) in [6.45, 7) is 3.47. The molecule has 0 radical (unpaired) electrons. The Kier molecular flexibility index (Phi) is 5.09. The number of nitrogens with zero attached hydrogens (tertiary/aromatic N) is 1. The molecule has 1 N–H and O–H groups in total. The van der Waals surface area contributed by atoms with Gasteiger partial charge in [-0.05, 0) is 37.6 Å². The minimum absolute atomic E-state index is 0.0134. The van der Waals surface area contributed by atoms with E-state index in [0.717, 1.165) is 0 Å². The van der Waals surface area contributed by atoms with Gasteiger partial charge in [0.2, 0.25) is 5.91 Å². The first-order valence-corrected chi connectivity index (χ1v) is 6.17. The summed E-state index contributed by atoms with van der Waals surface area (Å²) in [5.74, 6) is -0.744. The number of carbonyl (C=O) groups excluding carboxylic acids is 1. The fourth-order valence-corrected chi connectivity index (χ4v) is 1.76. The van der Waals surface area contributed by atoms with Crippen molar-refractivity contribution in [2.24, 2.45) is 0 Å². The van der Waals surface area contributed by atoms with Crippen LogP contribution in [0.4, 0.5) is 4.39 Å². The Morgan fingerprint density at radius 2 is 2.16 bits per heavy atom. The zero-order valence-corrected chi connectivity index (χ0v) is 11.9. The quantitative estimate of drug-likeness (QED) is 0.864. The van der Waals surface area contributed by atoms with Gasteiger partial charge in [-0.1, -0.05) is 17.7 Å². The van der Waals surface area contributed by atoms with Gasteiger partial charge in [-0.2, -0.15) is 0 Å². The Balaban J connectivity index is 2.70. The highest BCUT2D eigenvalue weighted by molar-refractivity contribution is 6.30. The van der Waals surface area contributed by atoms with Gasteiger partial charge in [-0.25, -0.2) is 4.39 Å². The van der Waals surface area contributed by atoms with E-state index in [9.17, 15) is 14.3 Å². The van der Waals surface area contributed by atoms with Crippen LogP contribution in [0.5, 0.6) is 0 Å².